The van der Waals surface area contributed by atoms with Crippen LogP contribution in [0.25, 0.3) is 0 Å². The van der Waals surface area contributed by atoms with Gasteiger partial charge in [0, 0.05) is 17.7 Å². The van der Waals surface area contributed by atoms with Gasteiger partial charge < -0.3 is 10.1 Å². The van der Waals surface area contributed by atoms with E-state index in [9.17, 15) is 4.79 Å². The molecule has 5 heteroatoms. The molecule has 4 nitrogen and oxygen atoms in total. The third-order valence-electron chi connectivity index (χ3n) is 4.47. The van der Waals surface area contributed by atoms with Crippen LogP contribution in [0.4, 0.5) is 5.69 Å². The zero-order valence-electron chi connectivity index (χ0n) is 16.6. The number of rotatable bonds is 6. The maximum Gasteiger partial charge on any atom is 0.257 e. The van der Waals surface area contributed by atoms with Crippen LogP contribution in [0.15, 0.2) is 72.8 Å². The SMILES string of the molecule is Cc1ccc(C)c(NC(=S)NC(=O)c2cccc(OCCc3ccccc3)c2)c1. The molecular weight excluding hydrogens is 380 g/mol. The van der Waals surface area contributed by atoms with Crippen molar-refractivity contribution in [2.75, 3.05) is 11.9 Å². The van der Waals surface area contributed by atoms with Crippen LogP contribution < -0.4 is 15.4 Å². The molecule has 148 valence electrons. The number of hydrogen-bond acceptors (Lipinski definition) is 3. The normalized spacial score (nSPS) is 10.3. The highest BCUT2D eigenvalue weighted by molar-refractivity contribution is 7.80. The minimum absolute atomic E-state index is 0.263. The molecule has 0 saturated heterocycles. The van der Waals surface area contributed by atoms with E-state index in [0.717, 1.165) is 23.2 Å². The van der Waals surface area contributed by atoms with E-state index in [4.69, 9.17) is 17.0 Å². The first kappa shape index (κ1) is 20.6. The fourth-order valence-electron chi connectivity index (χ4n) is 2.86. The molecule has 3 aromatic carbocycles. The van der Waals surface area contributed by atoms with Gasteiger partial charge in [-0.3, -0.25) is 10.1 Å². The van der Waals surface area contributed by atoms with E-state index in [0.29, 0.717) is 17.9 Å². The number of aryl methyl sites for hydroxylation is 2. The molecule has 3 rings (SSSR count). The summed E-state index contributed by atoms with van der Waals surface area (Å²) in [5.74, 6) is 0.378. The van der Waals surface area contributed by atoms with Crippen molar-refractivity contribution in [2.45, 2.75) is 20.3 Å². The number of anilines is 1. The third-order valence-corrected chi connectivity index (χ3v) is 4.67. The molecule has 1 amide bonds. The largest absolute Gasteiger partial charge is 0.493 e. The Bertz CT molecular complexity index is 1000. The number of ether oxygens (including phenoxy) is 1. The zero-order chi connectivity index (χ0) is 20.6. The van der Waals surface area contributed by atoms with Crippen LogP contribution >= 0.6 is 12.2 Å². The fourth-order valence-corrected chi connectivity index (χ4v) is 3.06. The number of nitrogens with one attached hydrogen (secondary N) is 2. The van der Waals surface area contributed by atoms with Gasteiger partial charge in [-0.2, -0.15) is 0 Å². The second-order valence-corrected chi connectivity index (χ2v) is 7.25. The summed E-state index contributed by atoms with van der Waals surface area (Å²) in [6.45, 7) is 4.54. The van der Waals surface area contributed by atoms with Gasteiger partial charge in [0.15, 0.2) is 5.11 Å². The Labute approximate surface area is 176 Å². The molecule has 0 fully saturated rings. The predicted octanol–water partition coefficient (Wildman–Crippen LogP) is 5.05. The van der Waals surface area contributed by atoms with Crippen molar-refractivity contribution >= 4 is 28.9 Å². The second kappa shape index (κ2) is 9.85. The highest BCUT2D eigenvalue weighted by Crippen LogP contribution is 2.17. The van der Waals surface area contributed by atoms with Crippen molar-refractivity contribution in [3.05, 3.63) is 95.1 Å². The van der Waals surface area contributed by atoms with Gasteiger partial charge in [-0.15, -0.1) is 0 Å². The standard InChI is InChI=1S/C24H24N2O2S/c1-17-11-12-18(2)22(15-17)25-24(29)26-23(27)20-9-6-10-21(16-20)28-14-13-19-7-4-3-5-8-19/h3-12,15-16H,13-14H2,1-2H3,(H2,25,26,27,29). The summed E-state index contributed by atoms with van der Waals surface area (Å²) in [5, 5.41) is 6.08. The molecule has 0 bridgehead atoms. The van der Waals surface area contributed by atoms with E-state index in [1.807, 2.05) is 56.3 Å². The molecule has 0 aliphatic heterocycles. The summed E-state index contributed by atoms with van der Waals surface area (Å²) in [4.78, 5) is 12.6. The Kier molecular flexibility index (Phi) is 6.98. The molecule has 0 radical (unpaired) electrons. The Hall–Kier alpha value is -3.18. The van der Waals surface area contributed by atoms with Crippen LogP contribution in [0, 0.1) is 13.8 Å². The first-order valence-electron chi connectivity index (χ1n) is 9.47. The van der Waals surface area contributed by atoms with E-state index < -0.39 is 0 Å². The average molecular weight is 405 g/mol. The van der Waals surface area contributed by atoms with E-state index in [2.05, 4.69) is 22.8 Å². The summed E-state index contributed by atoms with van der Waals surface area (Å²) in [6, 6.07) is 23.3. The highest BCUT2D eigenvalue weighted by Gasteiger charge is 2.10. The average Bonchev–Trinajstić information content (AvgIpc) is 2.72. The van der Waals surface area contributed by atoms with Crippen LogP contribution in [-0.2, 0) is 6.42 Å². The molecule has 0 aliphatic carbocycles. The number of carbonyl (C=O) groups is 1. The lowest BCUT2D eigenvalue weighted by Gasteiger charge is -2.13. The van der Waals surface area contributed by atoms with Crippen molar-refractivity contribution in [3.63, 3.8) is 0 Å². The summed E-state index contributed by atoms with van der Waals surface area (Å²) < 4.78 is 5.80. The van der Waals surface area contributed by atoms with Crippen LogP contribution in [-0.4, -0.2) is 17.6 Å². The molecular formula is C24H24N2O2S. The maximum atomic E-state index is 12.6. The molecule has 0 aliphatic rings. The van der Waals surface area contributed by atoms with E-state index in [1.165, 1.54) is 5.56 Å². The maximum absolute atomic E-state index is 12.6. The van der Waals surface area contributed by atoms with E-state index in [1.54, 1.807) is 18.2 Å². The zero-order valence-corrected chi connectivity index (χ0v) is 17.4. The van der Waals surface area contributed by atoms with Gasteiger partial charge in [0.05, 0.1) is 6.61 Å². The number of carbonyl (C=O) groups excluding carboxylic acids is 1. The minimum atomic E-state index is -0.277. The number of amides is 1. The predicted molar refractivity (Wildman–Crippen MR) is 122 cm³/mol. The number of hydrogen-bond donors (Lipinski definition) is 2. The van der Waals surface area contributed by atoms with Gasteiger partial charge in [-0.05, 0) is 67.0 Å². The lowest BCUT2D eigenvalue weighted by molar-refractivity contribution is 0.0977. The quantitative estimate of drug-likeness (QED) is 0.565. The molecule has 2 N–H and O–H groups in total. The van der Waals surface area contributed by atoms with Crippen LogP contribution in [0.1, 0.15) is 27.0 Å². The first-order chi connectivity index (χ1) is 14.0. The van der Waals surface area contributed by atoms with Gasteiger partial charge in [0.25, 0.3) is 5.91 Å². The number of benzene rings is 3. The Morgan fingerprint density at radius 3 is 2.55 bits per heavy atom. The Balaban J connectivity index is 1.55. The summed E-state index contributed by atoms with van der Waals surface area (Å²) in [7, 11) is 0. The molecule has 0 aromatic heterocycles. The van der Waals surface area contributed by atoms with Crippen LogP contribution in [0.5, 0.6) is 5.75 Å². The lowest BCUT2D eigenvalue weighted by Crippen LogP contribution is -2.34. The third kappa shape index (κ3) is 6.16. The Morgan fingerprint density at radius 2 is 1.76 bits per heavy atom. The highest BCUT2D eigenvalue weighted by atomic mass is 32.1. The second-order valence-electron chi connectivity index (χ2n) is 6.84. The van der Waals surface area contributed by atoms with Gasteiger partial charge >= 0.3 is 0 Å². The van der Waals surface area contributed by atoms with E-state index in [-0.39, 0.29) is 11.0 Å². The summed E-state index contributed by atoms with van der Waals surface area (Å²) >= 11 is 5.30. The summed E-state index contributed by atoms with van der Waals surface area (Å²) in [6.07, 6.45) is 0.807. The topological polar surface area (TPSA) is 50.4 Å². The van der Waals surface area contributed by atoms with Gasteiger partial charge in [0.2, 0.25) is 0 Å². The van der Waals surface area contributed by atoms with Crippen LogP contribution in [0.3, 0.4) is 0 Å². The van der Waals surface area contributed by atoms with Crippen molar-refractivity contribution < 1.29 is 9.53 Å². The smallest absolute Gasteiger partial charge is 0.257 e. The minimum Gasteiger partial charge on any atom is -0.493 e. The Morgan fingerprint density at radius 1 is 0.966 bits per heavy atom. The van der Waals surface area contributed by atoms with Crippen molar-refractivity contribution in [2.24, 2.45) is 0 Å². The van der Waals surface area contributed by atoms with Crippen molar-refractivity contribution in [3.8, 4) is 5.75 Å². The van der Waals surface area contributed by atoms with Crippen LogP contribution in [0.2, 0.25) is 0 Å². The molecule has 3 aromatic rings. The molecule has 0 atom stereocenters. The molecule has 0 spiro atoms. The monoisotopic (exact) mass is 404 g/mol. The van der Waals surface area contributed by atoms with Crippen molar-refractivity contribution in [1.82, 2.24) is 5.32 Å². The lowest BCUT2D eigenvalue weighted by atomic mass is 10.1. The summed E-state index contributed by atoms with van der Waals surface area (Å²) in [5.41, 5.74) is 4.76. The fraction of sp³-hybridized carbons (Fsp3) is 0.167. The molecule has 29 heavy (non-hydrogen) atoms. The first-order valence-corrected chi connectivity index (χ1v) is 9.88. The van der Waals surface area contributed by atoms with Gasteiger partial charge in [-0.25, -0.2) is 0 Å². The van der Waals surface area contributed by atoms with Gasteiger partial charge in [-0.1, -0.05) is 48.5 Å². The van der Waals surface area contributed by atoms with Crippen molar-refractivity contribution in [1.29, 1.82) is 0 Å². The molecule has 0 unspecified atom stereocenters. The van der Waals surface area contributed by atoms with E-state index >= 15 is 0 Å². The van der Waals surface area contributed by atoms with Gasteiger partial charge in [0.1, 0.15) is 5.75 Å². The molecule has 0 heterocycles. The molecule has 0 saturated carbocycles. The number of thiocarbonyl (C=S) groups is 1.